The Balaban J connectivity index is 1.50. The van der Waals surface area contributed by atoms with E-state index in [-0.39, 0.29) is 61.8 Å². The van der Waals surface area contributed by atoms with Crippen LogP contribution >= 0.6 is 11.6 Å². The lowest BCUT2D eigenvalue weighted by Crippen LogP contribution is -2.60. The second-order valence-electron chi connectivity index (χ2n) is 10.0. The number of likely N-dealkylation sites (tertiary alicyclic amines) is 1. The lowest BCUT2D eigenvalue weighted by atomic mass is 9.99. The number of hydrogen-bond acceptors (Lipinski definition) is 8. The number of pyridine rings is 1. The van der Waals surface area contributed by atoms with E-state index in [2.05, 4.69) is 15.3 Å². The first-order chi connectivity index (χ1) is 19.5. The first kappa shape index (κ1) is 28.1. The second-order valence-corrected chi connectivity index (χ2v) is 10.5. The van der Waals surface area contributed by atoms with Gasteiger partial charge in [-0.25, -0.2) is 19.2 Å². The highest BCUT2D eigenvalue weighted by Crippen LogP contribution is 2.25. The summed E-state index contributed by atoms with van der Waals surface area (Å²) in [7, 11) is 0. The molecule has 4 heterocycles. The molecule has 5 amide bonds. The molecule has 0 bridgehead atoms. The van der Waals surface area contributed by atoms with E-state index in [4.69, 9.17) is 17.3 Å². The van der Waals surface area contributed by atoms with Gasteiger partial charge in [0, 0.05) is 24.7 Å². The van der Waals surface area contributed by atoms with Gasteiger partial charge in [-0.1, -0.05) is 23.7 Å². The Morgan fingerprint density at radius 1 is 1.12 bits per heavy atom. The minimum Gasteiger partial charge on any atom is -0.348 e. The molecule has 0 aliphatic carbocycles. The number of nitrogens with one attached hydrogen (secondary N) is 1. The van der Waals surface area contributed by atoms with Crippen molar-refractivity contribution in [2.24, 2.45) is 5.73 Å². The van der Waals surface area contributed by atoms with Gasteiger partial charge in [0.25, 0.3) is 11.5 Å². The quantitative estimate of drug-likeness (QED) is 0.409. The highest BCUT2D eigenvalue weighted by atomic mass is 35.5. The third-order valence-corrected chi connectivity index (χ3v) is 7.09. The van der Waals surface area contributed by atoms with Crippen molar-refractivity contribution in [2.75, 3.05) is 37.6 Å². The summed E-state index contributed by atoms with van der Waals surface area (Å²) in [6.07, 6.45) is 1.24. The van der Waals surface area contributed by atoms with Gasteiger partial charge in [0.1, 0.15) is 23.3 Å². The van der Waals surface area contributed by atoms with Crippen LogP contribution in [-0.2, 0) is 22.7 Å². The molecule has 41 heavy (non-hydrogen) atoms. The summed E-state index contributed by atoms with van der Waals surface area (Å²) < 4.78 is 15.0. The Kier molecular flexibility index (Phi) is 7.44. The maximum Gasteiger partial charge on any atom is 0.332 e. The maximum atomic E-state index is 14.0. The molecule has 3 aromatic rings. The van der Waals surface area contributed by atoms with Crippen LogP contribution in [0.25, 0.3) is 11.2 Å². The van der Waals surface area contributed by atoms with E-state index in [0.717, 1.165) is 15.0 Å². The van der Waals surface area contributed by atoms with Gasteiger partial charge in [-0.15, -0.1) is 0 Å². The summed E-state index contributed by atoms with van der Waals surface area (Å²) in [5, 5.41) is 3.20. The lowest BCUT2D eigenvalue weighted by Gasteiger charge is -2.42. The van der Waals surface area contributed by atoms with Crippen molar-refractivity contribution in [1.82, 2.24) is 29.7 Å². The smallest absolute Gasteiger partial charge is 0.332 e. The van der Waals surface area contributed by atoms with Gasteiger partial charge < -0.3 is 16.0 Å². The first-order valence-electron chi connectivity index (χ1n) is 12.7. The van der Waals surface area contributed by atoms with Crippen molar-refractivity contribution in [2.45, 2.75) is 25.7 Å². The van der Waals surface area contributed by atoms with Crippen LogP contribution in [0.2, 0.25) is 5.02 Å². The van der Waals surface area contributed by atoms with Gasteiger partial charge in [0.15, 0.2) is 11.5 Å². The van der Waals surface area contributed by atoms with Crippen LogP contribution in [0, 0.1) is 0 Å². The number of aromatic nitrogens is 3. The third-order valence-electron chi connectivity index (χ3n) is 6.84. The van der Waals surface area contributed by atoms with E-state index >= 15 is 0 Å². The molecule has 0 saturated carbocycles. The van der Waals surface area contributed by atoms with Crippen LogP contribution in [0.4, 0.5) is 15.0 Å². The minimum absolute atomic E-state index is 0.00794. The molecule has 2 saturated heterocycles. The number of hydrogen-bond donors (Lipinski definition) is 2. The van der Waals surface area contributed by atoms with Crippen LogP contribution in [0.1, 0.15) is 22.8 Å². The zero-order chi connectivity index (χ0) is 29.5. The summed E-state index contributed by atoms with van der Waals surface area (Å²) in [6.45, 7) is 0.622. The third kappa shape index (κ3) is 5.60. The number of carbonyl (C=O) groups is 4. The number of nitrogens with zero attached hydrogens (tertiary/aromatic N) is 6. The van der Waals surface area contributed by atoms with Gasteiger partial charge >= 0.3 is 6.03 Å². The molecule has 15 heteroatoms. The predicted molar refractivity (Wildman–Crippen MR) is 146 cm³/mol. The van der Waals surface area contributed by atoms with Crippen molar-refractivity contribution in [3.63, 3.8) is 0 Å². The average Bonchev–Trinajstić information content (AvgIpc) is 3.32. The standard InChI is InChI=1S/C26H26ClFN8O5/c1-26(28)13-33(14-26)21(38)12-36-22-18(32-19(11-30-22)34-6-7-35(25(34)41)20(37)9-29)8-17(24(36)40)23(39)31-10-15-2-4-16(27)5-3-15/h2-5,8,11H,6-7,9-10,12-14,29H2,1H3,(H,31,39). The molecule has 5 rings (SSSR count). The second kappa shape index (κ2) is 10.9. The Morgan fingerprint density at radius 3 is 2.49 bits per heavy atom. The van der Waals surface area contributed by atoms with Gasteiger partial charge in [-0.3, -0.25) is 33.5 Å². The molecule has 2 fully saturated rings. The summed E-state index contributed by atoms with van der Waals surface area (Å²) in [6, 6.07) is 7.36. The highest BCUT2D eigenvalue weighted by molar-refractivity contribution is 6.30. The van der Waals surface area contributed by atoms with Crippen molar-refractivity contribution in [3.05, 3.63) is 63.0 Å². The van der Waals surface area contributed by atoms with Gasteiger partial charge in [-0.2, -0.15) is 0 Å². The van der Waals surface area contributed by atoms with E-state index in [1.165, 1.54) is 29.0 Å². The summed E-state index contributed by atoms with van der Waals surface area (Å²) in [5.74, 6) is -1.72. The lowest BCUT2D eigenvalue weighted by molar-refractivity contribution is -0.144. The Morgan fingerprint density at radius 2 is 1.83 bits per heavy atom. The molecular formula is C26H26ClFN8O5. The molecule has 214 valence electrons. The summed E-state index contributed by atoms with van der Waals surface area (Å²) >= 11 is 5.91. The van der Waals surface area contributed by atoms with Gasteiger partial charge in [0.05, 0.1) is 25.8 Å². The number of carbonyl (C=O) groups excluding carboxylic acids is 4. The van der Waals surface area contributed by atoms with E-state index in [0.29, 0.717) is 5.02 Å². The number of alkyl halides is 1. The van der Waals surface area contributed by atoms with Gasteiger partial charge in [-0.05, 0) is 30.7 Å². The molecule has 13 nitrogen and oxygen atoms in total. The molecule has 0 spiro atoms. The predicted octanol–water partition coefficient (Wildman–Crippen LogP) is 0.673. The van der Waals surface area contributed by atoms with Crippen molar-refractivity contribution < 1.29 is 23.6 Å². The summed E-state index contributed by atoms with van der Waals surface area (Å²) in [5.41, 5.74) is 3.56. The fourth-order valence-corrected chi connectivity index (χ4v) is 4.83. The largest absolute Gasteiger partial charge is 0.348 e. The fraction of sp³-hybridized carbons (Fsp3) is 0.346. The van der Waals surface area contributed by atoms with Crippen LogP contribution in [0.15, 0.2) is 41.3 Å². The van der Waals surface area contributed by atoms with Crippen LogP contribution < -0.4 is 21.5 Å². The van der Waals surface area contributed by atoms with E-state index in [1.54, 1.807) is 24.3 Å². The molecule has 3 N–H and O–H groups in total. The highest BCUT2D eigenvalue weighted by Gasteiger charge is 2.41. The number of rotatable bonds is 7. The molecular weight excluding hydrogens is 559 g/mol. The monoisotopic (exact) mass is 584 g/mol. The zero-order valence-electron chi connectivity index (χ0n) is 22.0. The normalized spacial score (nSPS) is 16.2. The molecule has 2 aromatic heterocycles. The number of urea groups is 1. The molecule has 1 aromatic carbocycles. The van der Waals surface area contributed by atoms with E-state index < -0.39 is 41.5 Å². The average molecular weight is 585 g/mol. The number of halogens is 2. The van der Waals surface area contributed by atoms with Crippen LogP contribution in [-0.4, -0.2) is 86.5 Å². The number of nitrogens with two attached hydrogens (primary N) is 1. The van der Waals surface area contributed by atoms with Crippen molar-refractivity contribution in [1.29, 1.82) is 0 Å². The maximum absolute atomic E-state index is 14.0. The molecule has 0 unspecified atom stereocenters. The Hall–Kier alpha value is -4.43. The zero-order valence-corrected chi connectivity index (χ0v) is 22.7. The molecule has 2 aliphatic rings. The minimum atomic E-state index is -1.51. The van der Waals surface area contributed by atoms with E-state index in [1.807, 2.05) is 0 Å². The molecule has 0 atom stereocenters. The molecule has 0 radical (unpaired) electrons. The van der Waals surface area contributed by atoms with Crippen LogP contribution in [0.5, 0.6) is 0 Å². The number of imide groups is 1. The number of amides is 5. The Labute approximate surface area is 237 Å². The van der Waals surface area contributed by atoms with Crippen molar-refractivity contribution in [3.8, 4) is 0 Å². The summed E-state index contributed by atoms with van der Waals surface area (Å²) in [4.78, 5) is 76.5. The van der Waals surface area contributed by atoms with Gasteiger partial charge in [0.2, 0.25) is 11.8 Å². The SMILES string of the molecule is CC1(F)CN(C(=O)Cn2c(=O)c(C(=O)NCc3ccc(Cl)cc3)cc3nc(N4CCN(C(=O)CN)C4=O)cnc32)C1. The topological polar surface area (TPSA) is 164 Å². The van der Waals surface area contributed by atoms with E-state index in [9.17, 15) is 28.4 Å². The Bertz CT molecular complexity index is 1620. The number of anilines is 1. The van der Waals surface area contributed by atoms with Crippen LogP contribution in [0.3, 0.4) is 0 Å². The van der Waals surface area contributed by atoms with Crippen molar-refractivity contribution >= 4 is 52.3 Å². The number of benzene rings is 1. The number of fused-ring (bicyclic) bond motifs is 1. The fourth-order valence-electron chi connectivity index (χ4n) is 4.70. The first-order valence-corrected chi connectivity index (χ1v) is 13.1. The molecule has 2 aliphatic heterocycles.